The monoisotopic (exact) mass is 564 g/mol. The van der Waals surface area contributed by atoms with Gasteiger partial charge in [-0.05, 0) is 24.3 Å². The van der Waals surface area contributed by atoms with E-state index in [1.54, 1.807) is 18.3 Å². The third kappa shape index (κ3) is 5.81. The van der Waals surface area contributed by atoms with Crippen LogP contribution in [0, 0.1) is 0 Å². The van der Waals surface area contributed by atoms with Crippen molar-refractivity contribution in [3.8, 4) is 11.3 Å². The Balaban J connectivity index is 1.53. The zero-order valence-electron chi connectivity index (χ0n) is 20.5. The highest BCUT2D eigenvalue weighted by Gasteiger charge is 2.23. The second kappa shape index (κ2) is 11.5. The normalized spacial score (nSPS) is 10.9. The van der Waals surface area contributed by atoms with Crippen molar-refractivity contribution in [3.05, 3.63) is 104 Å². The fourth-order valence-electron chi connectivity index (χ4n) is 3.86. The van der Waals surface area contributed by atoms with E-state index < -0.39 is 11.9 Å². The molecule has 0 saturated heterocycles. The van der Waals surface area contributed by atoms with Gasteiger partial charge in [0.25, 0.3) is 11.5 Å². The summed E-state index contributed by atoms with van der Waals surface area (Å²) >= 11 is 7.44. The van der Waals surface area contributed by atoms with Gasteiger partial charge in [0.2, 0.25) is 0 Å². The Morgan fingerprint density at radius 3 is 2.77 bits per heavy atom. The lowest BCUT2D eigenvalue weighted by molar-refractivity contribution is 0.0600. The lowest BCUT2D eigenvalue weighted by Crippen LogP contribution is -2.23. The number of rotatable bonds is 9. The predicted octanol–water partition coefficient (Wildman–Crippen LogP) is 4.14. The molecule has 5 aromatic rings. The Labute approximate surface area is 230 Å². The molecule has 0 aromatic carbocycles. The maximum Gasteiger partial charge on any atom is 0.340 e. The van der Waals surface area contributed by atoms with Crippen molar-refractivity contribution in [1.82, 2.24) is 24.5 Å². The number of hydrogen-bond donors (Lipinski definition) is 1. The van der Waals surface area contributed by atoms with Gasteiger partial charge in [-0.1, -0.05) is 22.8 Å². The molecule has 0 aliphatic rings. The second-order valence-corrected chi connectivity index (χ2v) is 10.1. The zero-order chi connectivity index (χ0) is 27.4. The van der Waals surface area contributed by atoms with E-state index in [4.69, 9.17) is 20.9 Å². The molecule has 0 spiro atoms. The Bertz CT molecular complexity index is 1680. The van der Waals surface area contributed by atoms with Gasteiger partial charge in [0.05, 0.1) is 35.4 Å². The molecule has 0 bridgehead atoms. The van der Waals surface area contributed by atoms with E-state index in [1.165, 1.54) is 47.7 Å². The van der Waals surface area contributed by atoms with Crippen molar-refractivity contribution in [2.24, 2.45) is 0 Å². The van der Waals surface area contributed by atoms with E-state index in [0.29, 0.717) is 29.7 Å². The van der Waals surface area contributed by atoms with Crippen molar-refractivity contribution in [3.63, 3.8) is 0 Å². The number of pyridine rings is 2. The molecule has 39 heavy (non-hydrogen) atoms. The van der Waals surface area contributed by atoms with E-state index >= 15 is 0 Å². The number of anilines is 1. The summed E-state index contributed by atoms with van der Waals surface area (Å²) < 4.78 is 13.0. The van der Waals surface area contributed by atoms with Gasteiger partial charge in [-0.25, -0.2) is 4.79 Å². The highest BCUT2D eigenvalue weighted by atomic mass is 35.5. The smallest absolute Gasteiger partial charge is 0.340 e. The number of thiophene rings is 1. The summed E-state index contributed by atoms with van der Waals surface area (Å²) in [6, 6.07) is 12.1. The molecule has 0 radical (unpaired) electrons. The van der Waals surface area contributed by atoms with Gasteiger partial charge in [0.1, 0.15) is 17.6 Å². The minimum absolute atomic E-state index is 0.122. The number of nitrogens with one attached hydrogen (secondary N) is 1. The van der Waals surface area contributed by atoms with E-state index in [-0.39, 0.29) is 27.9 Å². The third-order valence-electron chi connectivity index (χ3n) is 5.80. The first-order valence-corrected chi connectivity index (χ1v) is 12.9. The van der Waals surface area contributed by atoms with Crippen LogP contribution in [0.3, 0.4) is 0 Å². The maximum absolute atomic E-state index is 13.2. The van der Waals surface area contributed by atoms with E-state index in [1.807, 2.05) is 24.3 Å². The Kier molecular flexibility index (Phi) is 7.66. The topological polar surface area (TPSA) is 134 Å². The minimum atomic E-state index is -0.653. The molecule has 0 aliphatic carbocycles. The van der Waals surface area contributed by atoms with Gasteiger partial charge in [0.15, 0.2) is 0 Å². The number of halogens is 1. The number of carbonyl (C=O) groups excluding carboxylic acids is 2. The predicted molar refractivity (Wildman–Crippen MR) is 144 cm³/mol. The number of aromatic nitrogens is 5. The van der Waals surface area contributed by atoms with Gasteiger partial charge in [0, 0.05) is 53.6 Å². The molecule has 0 unspecified atom stereocenters. The fraction of sp³-hybridized carbons (Fsp3) is 0.154. The van der Waals surface area contributed by atoms with Crippen molar-refractivity contribution >= 4 is 40.6 Å². The van der Waals surface area contributed by atoms with Crippen LogP contribution in [0.2, 0.25) is 4.34 Å². The number of nitrogens with zero attached hydrogens (tertiary/aromatic N) is 5. The average Bonchev–Trinajstić information content (AvgIpc) is 3.72. The summed E-state index contributed by atoms with van der Waals surface area (Å²) in [6.07, 6.45) is 6.08. The van der Waals surface area contributed by atoms with Crippen LogP contribution in [0.1, 0.15) is 31.3 Å². The molecule has 0 atom stereocenters. The molecule has 0 aliphatic heterocycles. The molecule has 13 heteroatoms. The lowest BCUT2D eigenvalue weighted by Gasteiger charge is -2.11. The first kappa shape index (κ1) is 26.1. The van der Waals surface area contributed by atoms with Gasteiger partial charge in [-0.3, -0.25) is 14.6 Å². The molecular formula is C26H21ClN6O5S. The second-order valence-electron chi connectivity index (χ2n) is 8.30. The SMILES string of the molecule is COC(=O)c1cn(CCc2ccccn2)c(=O)cc1-c1cc(NCc2ccc(Cl)s2)n(C(=O)c2cnoc2)n1. The van der Waals surface area contributed by atoms with E-state index in [2.05, 4.69) is 20.6 Å². The third-order valence-corrected chi connectivity index (χ3v) is 7.03. The summed E-state index contributed by atoms with van der Waals surface area (Å²) in [5.74, 6) is -0.840. The summed E-state index contributed by atoms with van der Waals surface area (Å²) in [4.78, 5) is 44.2. The molecule has 0 fully saturated rings. The summed E-state index contributed by atoms with van der Waals surface area (Å²) in [5, 5.41) is 11.2. The Hall–Kier alpha value is -4.55. The number of aryl methyl sites for hydroxylation is 2. The first-order valence-electron chi connectivity index (χ1n) is 11.7. The zero-order valence-corrected chi connectivity index (χ0v) is 22.1. The molecule has 5 rings (SSSR count). The molecule has 0 amide bonds. The number of esters is 1. The van der Waals surface area contributed by atoms with Crippen LogP contribution in [0.5, 0.6) is 0 Å². The van der Waals surface area contributed by atoms with Crippen LogP contribution in [0.25, 0.3) is 11.3 Å². The van der Waals surface area contributed by atoms with Crippen molar-refractivity contribution in [2.75, 3.05) is 12.4 Å². The molecule has 5 aromatic heterocycles. The van der Waals surface area contributed by atoms with Gasteiger partial charge in [-0.2, -0.15) is 9.78 Å². The maximum atomic E-state index is 13.2. The van der Waals surface area contributed by atoms with Crippen LogP contribution < -0.4 is 10.9 Å². The van der Waals surface area contributed by atoms with Gasteiger partial charge < -0.3 is 19.1 Å². The van der Waals surface area contributed by atoms with Crippen LogP contribution in [0.4, 0.5) is 5.82 Å². The Morgan fingerprint density at radius 1 is 1.21 bits per heavy atom. The number of carbonyl (C=O) groups is 2. The van der Waals surface area contributed by atoms with E-state index in [0.717, 1.165) is 15.3 Å². The highest BCUT2D eigenvalue weighted by Crippen LogP contribution is 2.27. The quantitative estimate of drug-likeness (QED) is 0.262. The van der Waals surface area contributed by atoms with Crippen molar-refractivity contribution in [2.45, 2.75) is 19.5 Å². The summed E-state index contributed by atoms with van der Waals surface area (Å²) in [6.45, 7) is 0.662. The molecule has 0 saturated carbocycles. The largest absolute Gasteiger partial charge is 0.465 e. The fourth-order valence-corrected chi connectivity index (χ4v) is 4.89. The average molecular weight is 565 g/mol. The number of methoxy groups -OCH3 is 1. The first-order chi connectivity index (χ1) is 18.9. The minimum Gasteiger partial charge on any atom is -0.465 e. The van der Waals surface area contributed by atoms with Gasteiger partial charge >= 0.3 is 5.97 Å². The highest BCUT2D eigenvalue weighted by molar-refractivity contribution is 7.16. The number of hydrogen-bond acceptors (Lipinski definition) is 10. The van der Waals surface area contributed by atoms with Crippen molar-refractivity contribution < 1.29 is 18.8 Å². The number of ether oxygens (including phenoxy) is 1. The molecule has 5 heterocycles. The molecule has 198 valence electrons. The Morgan fingerprint density at radius 2 is 2.08 bits per heavy atom. The van der Waals surface area contributed by atoms with Gasteiger partial charge in [-0.15, -0.1) is 11.3 Å². The standard InChI is InChI=1S/C26H21ClN6O5S/c1-37-26(36)20-14-32(9-7-17-4-2-3-8-28-17)24(34)10-19(20)21-11-23(29-13-18-5-6-22(27)39-18)33(31-21)25(35)16-12-30-38-15-16/h2-6,8,10-12,14-15,29H,7,9,13H2,1H3. The molecule has 1 N–H and O–H groups in total. The molecular weight excluding hydrogens is 544 g/mol. The van der Waals surface area contributed by atoms with Crippen LogP contribution >= 0.6 is 22.9 Å². The molecule has 11 nitrogen and oxygen atoms in total. The van der Waals surface area contributed by atoms with Crippen LogP contribution in [-0.2, 0) is 24.2 Å². The lowest BCUT2D eigenvalue weighted by atomic mass is 10.1. The van der Waals surface area contributed by atoms with E-state index in [9.17, 15) is 14.4 Å². The van der Waals surface area contributed by atoms with Crippen LogP contribution in [0.15, 0.2) is 76.6 Å². The van der Waals surface area contributed by atoms with Crippen molar-refractivity contribution in [1.29, 1.82) is 0 Å². The van der Waals surface area contributed by atoms with Crippen LogP contribution in [-0.4, -0.2) is 43.5 Å². The summed E-state index contributed by atoms with van der Waals surface area (Å²) in [7, 11) is 1.25. The summed E-state index contributed by atoms with van der Waals surface area (Å²) in [5.41, 5.74) is 1.20.